The number of rotatable bonds is 5. The summed E-state index contributed by atoms with van der Waals surface area (Å²) in [5.41, 5.74) is 1.41. The Bertz CT molecular complexity index is 449. The highest BCUT2D eigenvalue weighted by Gasteiger charge is 2.18. The van der Waals surface area contributed by atoms with E-state index in [9.17, 15) is 4.79 Å². The number of nitrogens with zero attached hydrogens (tertiary/aromatic N) is 2. The molecule has 0 aliphatic carbocycles. The zero-order valence-electron chi connectivity index (χ0n) is 12.4. The zero-order chi connectivity index (χ0) is 14.4. The van der Waals surface area contributed by atoms with Crippen LogP contribution in [0.5, 0.6) is 0 Å². The first-order valence-corrected chi connectivity index (χ1v) is 7.35. The van der Waals surface area contributed by atoms with E-state index in [1.165, 1.54) is 12.8 Å². The third-order valence-electron chi connectivity index (χ3n) is 3.65. The Balaban J connectivity index is 1.86. The van der Waals surface area contributed by atoms with E-state index in [0.29, 0.717) is 11.6 Å². The van der Waals surface area contributed by atoms with Crippen LogP contribution >= 0.6 is 0 Å². The summed E-state index contributed by atoms with van der Waals surface area (Å²) in [6.45, 7) is 5.82. The normalized spacial score (nSPS) is 19.6. The maximum Gasteiger partial charge on any atom is 0.269 e. The molecule has 0 bridgehead atoms. The van der Waals surface area contributed by atoms with E-state index in [1.54, 1.807) is 12.3 Å². The van der Waals surface area contributed by atoms with Crippen LogP contribution in [0.1, 0.15) is 30.3 Å². The number of nitrogens with one attached hydrogen (secondary N) is 2. The zero-order valence-corrected chi connectivity index (χ0v) is 12.4. The lowest BCUT2D eigenvalue weighted by Crippen LogP contribution is -2.39. The molecule has 1 amide bonds. The number of piperidine rings is 1. The average molecular weight is 276 g/mol. The molecule has 1 atom stereocenters. The maximum absolute atomic E-state index is 12.1. The highest BCUT2D eigenvalue weighted by Crippen LogP contribution is 2.14. The summed E-state index contributed by atoms with van der Waals surface area (Å²) in [5.74, 6) is 0.465. The molecule has 1 aliphatic heterocycles. The van der Waals surface area contributed by atoms with Crippen molar-refractivity contribution in [2.24, 2.45) is 5.92 Å². The van der Waals surface area contributed by atoms with Gasteiger partial charge in [-0.2, -0.15) is 0 Å². The van der Waals surface area contributed by atoms with Crippen LogP contribution in [-0.4, -0.2) is 49.0 Å². The monoisotopic (exact) mass is 276 g/mol. The molecule has 1 saturated heterocycles. The summed E-state index contributed by atoms with van der Waals surface area (Å²) in [4.78, 5) is 18.6. The Kier molecular flexibility index (Phi) is 5.35. The van der Waals surface area contributed by atoms with Gasteiger partial charge < -0.3 is 15.5 Å². The lowest BCUT2D eigenvalue weighted by atomic mass is 9.98. The number of anilines is 1. The Labute approximate surface area is 120 Å². The topological polar surface area (TPSA) is 57.3 Å². The molecule has 20 heavy (non-hydrogen) atoms. The second kappa shape index (κ2) is 7.24. The van der Waals surface area contributed by atoms with E-state index in [0.717, 1.165) is 31.9 Å². The Morgan fingerprint density at radius 1 is 1.55 bits per heavy atom. The lowest BCUT2D eigenvalue weighted by Gasteiger charge is -2.29. The minimum Gasteiger partial charge on any atom is -0.385 e. The standard InChI is InChI=1S/C15H24N4O/c1-3-16-13-6-7-17-14(9-13)15(20)18-10-12-5-4-8-19(2)11-12/h6-7,9,12H,3-5,8,10-11H2,1-2H3,(H,16,17)(H,18,20). The molecule has 1 unspecified atom stereocenters. The number of carbonyl (C=O) groups excluding carboxylic acids is 1. The second-order valence-electron chi connectivity index (χ2n) is 5.44. The Morgan fingerprint density at radius 3 is 3.15 bits per heavy atom. The van der Waals surface area contributed by atoms with E-state index < -0.39 is 0 Å². The summed E-state index contributed by atoms with van der Waals surface area (Å²) in [6, 6.07) is 3.67. The van der Waals surface area contributed by atoms with Gasteiger partial charge in [-0.15, -0.1) is 0 Å². The van der Waals surface area contributed by atoms with Crippen molar-refractivity contribution in [3.8, 4) is 0 Å². The number of hydrogen-bond acceptors (Lipinski definition) is 4. The number of aromatic nitrogens is 1. The number of pyridine rings is 1. The van der Waals surface area contributed by atoms with Crippen molar-refractivity contribution in [2.75, 3.05) is 38.5 Å². The first-order chi connectivity index (χ1) is 9.69. The molecular formula is C15H24N4O. The predicted octanol–water partition coefficient (Wildman–Crippen LogP) is 1.58. The third-order valence-corrected chi connectivity index (χ3v) is 3.65. The second-order valence-corrected chi connectivity index (χ2v) is 5.44. The largest absolute Gasteiger partial charge is 0.385 e. The molecule has 1 aromatic heterocycles. The van der Waals surface area contributed by atoms with Gasteiger partial charge in [0.05, 0.1) is 0 Å². The Hall–Kier alpha value is -1.62. The molecule has 110 valence electrons. The van der Waals surface area contributed by atoms with Gasteiger partial charge >= 0.3 is 0 Å². The molecule has 0 spiro atoms. The van der Waals surface area contributed by atoms with Crippen LogP contribution < -0.4 is 10.6 Å². The molecular weight excluding hydrogens is 252 g/mol. The number of carbonyl (C=O) groups is 1. The van der Waals surface area contributed by atoms with Gasteiger partial charge in [0.15, 0.2) is 0 Å². The summed E-state index contributed by atoms with van der Waals surface area (Å²) in [7, 11) is 2.13. The summed E-state index contributed by atoms with van der Waals surface area (Å²) in [6.07, 6.45) is 4.07. The molecule has 5 nitrogen and oxygen atoms in total. The van der Waals surface area contributed by atoms with Crippen molar-refractivity contribution in [3.63, 3.8) is 0 Å². The van der Waals surface area contributed by atoms with Gasteiger partial charge in [0.2, 0.25) is 0 Å². The molecule has 2 rings (SSSR count). The van der Waals surface area contributed by atoms with E-state index in [-0.39, 0.29) is 5.91 Å². The number of likely N-dealkylation sites (tertiary alicyclic amines) is 1. The summed E-state index contributed by atoms with van der Waals surface area (Å²) >= 11 is 0. The van der Waals surface area contributed by atoms with E-state index in [2.05, 4.69) is 27.6 Å². The molecule has 0 saturated carbocycles. The fraction of sp³-hybridized carbons (Fsp3) is 0.600. The van der Waals surface area contributed by atoms with Gasteiger partial charge in [0, 0.05) is 31.5 Å². The van der Waals surface area contributed by atoms with Crippen LogP contribution in [0.4, 0.5) is 5.69 Å². The van der Waals surface area contributed by atoms with Crippen LogP contribution in [0.25, 0.3) is 0 Å². The minimum atomic E-state index is -0.0852. The van der Waals surface area contributed by atoms with Crippen molar-refractivity contribution in [2.45, 2.75) is 19.8 Å². The van der Waals surface area contributed by atoms with Crippen LogP contribution in [0, 0.1) is 5.92 Å². The molecule has 1 fully saturated rings. The first kappa shape index (κ1) is 14.8. The fourth-order valence-electron chi connectivity index (χ4n) is 2.64. The van der Waals surface area contributed by atoms with Crippen molar-refractivity contribution >= 4 is 11.6 Å². The molecule has 2 N–H and O–H groups in total. The van der Waals surface area contributed by atoms with Crippen LogP contribution in [0.15, 0.2) is 18.3 Å². The van der Waals surface area contributed by atoms with Crippen LogP contribution in [-0.2, 0) is 0 Å². The quantitative estimate of drug-likeness (QED) is 0.857. The first-order valence-electron chi connectivity index (χ1n) is 7.35. The van der Waals surface area contributed by atoms with Crippen molar-refractivity contribution < 1.29 is 4.79 Å². The molecule has 0 aromatic carbocycles. The van der Waals surface area contributed by atoms with Gasteiger partial charge in [-0.1, -0.05) is 0 Å². The van der Waals surface area contributed by atoms with Gasteiger partial charge in [-0.25, -0.2) is 0 Å². The van der Waals surface area contributed by atoms with Gasteiger partial charge in [0.25, 0.3) is 5.91 Å². The van der Waals surface area contributed by atoms with Crippen molar-refractivity contribution in [1.29, 1.82) is 0 Å². The lowest BCUT2D eigenvalue weighted by molar-refractivity contribution is 0.0932. The van der Waals surface area contributed by atoms with Gasteiger partial charge in [-0.3, -0.25) is 9.78 Å². The van der Waals surface area contributed by atoms with Crippen LogP contribution in [0.2, 0.25) is 0 Å². The molecule has 1 aliphatic rings. The van der Waals surface area contributed by atoms with Gasteiger partial charge in [0.1, 0.15) is 5.69 Å². The highest BCUT2D eigenvalue weighted by atomic mass is 16.1. The number of amides is 1. The van der Waals surface area contributed by atoms with Crippen LogP contribution in [0.3, 0.4) is 0 Å². The Morgan fingerprint density at radius 2 is 2.40 bits per heavy atom. The fourth-order valence-corrected chi connectivity index (χ4v) is 2.64. The molecule has 2 heterocycles. The van der Waals surface area contributed by atoms with E-state index >= 15 is 0 Å². The SMILES string of the molecule is CCNc1ccnc(C(=O)NCC2CCCN(C)C2)c1. The van der Waals surface area contributed by atoms with Gasteiger partial charge in [-0.05, 0) is 51.4 Å². The summed E-state index contributed by atoms with van der Waals surface area (Å²) < 4.78 is 0. The molecule has 0 radical (unpaired) electrons. The van der Waals surface area contributed by atoms with E-state index in [1.807, 2.05) is 13.0 Å². The highest BCUT2D eigenvalue weighted by molar-refractivity contribution is 5.93. The molecule has 5 heteroatoms. The summed E-state index contributed by atoms with van der Waals surface area (Å²) in [5, 5.41) is 6.19. The minimum absolute atomic E-state index is 0.0852. The third kappa shape index (κ3) is 4.20. The maximum atomic E-state index is 12.1. The smallest absolute Gasteiger partial charge is 0.269 e. The predicted molar refractivity (Wildman–Crippen MR) is 81.0 cm³/mol. The van der Waals surface area contributed by atoms with Crippen molar-refractivity contribution in [3.05, 3.63) is 24.0 Å². The van der Waals surface area contributed by atoms with Crippen molar-refractivity contribution in [1.82, 2.24) is 15.2 Å². The molecule has 1 aromatic rings. The van der Waals surface area contributed by atoms with E-state index in [4.69, 9.17) is 0 Å². The number of hydrogen-bond donors (Lipinski definition) is 2. The average Bonchev–Trinajstić information content (AvgIpc) is 2.45.